The molecule has 8 heavy (non-hydrogen) atoms. The van der Waals surface area contributed by atoms with Crippen LogP contribution in [0, 0.1) is 0 Å². The van der Waals surface area contributed by atoms with Crippen LogP contribution in [0.4, 0.5) is 0 Å². The zero-order valence-electron chi connectivity index (χ0n) is 4.85. The molecule has 0 amide bonds. The Morgan fingerprint density at radius 3 is 2.75 bits per heavy atom. The van der Waals surface area contributed by atoms with Crippen LogP contribution in [-0.2, 0) is 0 Å². The third kappa shape index (κ3) is 0.915. The minimum Gasteiger partial charge on any atom is -0.508 e. The van der Waals surface area contributed by atoms with E-state index < -0.39 is 0 Å². The smallest absolute Gasteiger partial charge is 0.111 e. The van der Waals surface area contributed by atoms with Gasteiger partial charge in [0.2, 0.25) is 0 Å². The molecule has 1 aliphatic carbocycles. The molecule has 0 aromatic rings. The molecule has 1 N–H and O–H groups in total. The van der Waals surface area contributed by atoms with Gasteiger partial charge in [0.1, 0.15) is 5.76 Å². The maximum atomic E-state index is 8.79. The van der Waals surface area contributed by atoms with Crippen LogP contribution in [0.2, 0.25) is 0 Å². The van der Waals surface area contributed by atoms with E-state index >= 15 is 0 Å². The quantitative estimate of drug-likeness (QED) is 0.513. The zero-order valence-corrected chi connectivity index (χ0v) is 4.85. The molecule has 1 rings (SSSR count). The van der Waals surface area contributed by atoms with E-state index in [1.165, 1.54) is 6.42 Å². The molecule has 0 saturated heterocycles. The minimum atomic E-state index is 0.252. The van der Waals surface area contributed by atoms with Crippen LogP contribution < -0.4 is 0 Å². The molecule has 0 aromatic heterocycles. The predicted octanol–water partition coefficient (Wildman–Crippen LogP) is 2.17. The molecule has 0 bridgehead atoms. The van der Waals surface area contributed by atoms with Crippen molar-refractivity contribution < 1.29 is 5.11 Å². The maximum Gasteiger partial charge on any atom is 0.111 e. The van der Waals surface area contributed by atoms with Gasteiger partial charge in [0, 0.05) is 0 Å². The Kier molecular flexibility index (Phi) is 1.38. The van der Waals surface area contributed by atoms with E-state index in [0.717, 1.165) is 18.4 Å². The molecule has 0 atom stereocenters. The summed E-state index contributed by atoms with van der Waals surface area (Å²) < 4.78 is 0. The van der Waals surface area contributed by atoms with E-state index in [0.29, 0.717) is 0 Å². The molecular weight excluding hydrogens is 100 g/mol. The molecule has 0 radical (unpaired) electrons. The third-order valence-corrected chi connectivity index (χ3v) is 1.41. The summed E-state index contributed by atoms with van der Waals surface area (Å²) in [5.74, 6) is 0.252. The van der Waals surface area contributed by atoms with Crippen molar-refractivity contribution in [3.8, 4) is 0 Å². The van der Waals surface area contributed by atoms with Gasteiger partial charge < -0.3 is 5.11 Å². The number of rotatable bonds is 1. The molecule has 1 aliphatic rings. The first-order chi connectivity index (χ1) is 3.80. The second kappa shape index (κ2) is 2.03. The molecule has 0 aromatic carbocycles. The summed E-state index contributed by atoms with van der Waals surface area (Å²) in [5, 5.41) is 8.79. The lowest BCUT2D eigenvalue weighted by Gasteiger charge is -1.93. The van der Waals surface area contributed by atoms with E-state index in [4.69, 9.17) is 5.11 Å². The second-order valence-electron chi connectivity index (χ2n) is 2.07. The van der Waals surface area contributed by atoms with Gasteiger partial charge in [0.25, 0.3) is 0 Å². The van der Waals surface area contributed by atoms with Crippen LogP contribution in [0.25, 0.3) is 0 Å². The fourth-order valence-electron chi connectivity index (χ4n) is 0.933. The molecular formula is C7H10O. The van der Waals surface area contributed by atoms with Crippen molar-refractivity contribution in [2.45, 2.75) is 19.3 Å². The Morgan fingerprint density at radius 2 is 2.50 bits per heavy atom. The molecule has 0 aliphatic heterocycles. The van der Waals surface area contributed by atoms with E-state index in [2.05, 4.69) is 6.58 Å². The van der Waals surface area contributed by atoms with Crippen LogP contribution in [0.3, 0.4) is 0 Å². The Hall–Kier alpha value is -0.720. The lowest BCUT2D eigenvalue weighted by Crippen LogP contribution is -1.79. The normalized spacial score (nSPS) is 18.2. The highest BCUT2D eigenvalue weighted by atomic mass is 16.3. The first kappa shape index (κ1) is 5.42. The Labute approximate surface area is 49.3 Å². The first-order valence-corrected chi connectivity index (χ1v) is 2.88. The summed E-state index contributed by atoms with van der Waals surface area (Å²) in [6.45, 7) is 3.42. The molecule has 1 heteroatoms. The van der Waals surface area contributed by atoms with E-state index in [-0.39, 0.29) is 5.76 Å². The van der Waals surface area contributed by atoms with Crippen molar-refractivity contribution in [1.82, 2.24) is 0 Å². The molecule has 1 nitrogen and oxygen atoms in total. The van der Waals surface area contributed by atoms with Crippen molar-refractivity contribution >= 4 is 0 Å². The maximum absolute atomic E-state index is 8.79. The highest BCUT2D eigenvalue weighted by Gasteiger charge is 2.04. The van der Waals surface area contributed by atoms with Crippen molar-refractivity contribution in [2.24, 2.45) is 0 Å². The second-order valence-corrected chi connectivity index (χ2v) is 2.07. The van der Waals surface area contributed by atoms with Crippen molar-refractivity contribution in [3.05, 3.63) is 24.0 Å². The SMILES string of the molecule is C=C(O)C1=CCCC1. The minimum absolute atomic E-state index is 0.252. The van der Waals surface area contributed by atoms with Crippen molar-refractivity contribution in [1.29, 1.82) is 0 Å². The van der Waals surface area contributed by atoms with E-state index in [1.54, 1.807) is 0 Å². The van der Waals surface area contributed by atoms with Gasteiger partial charge in [-0.3, -0.25) is 0 Å². The highest BCUT2D eigenvalue weighted by molar-refractivity contribution is 5.24. The number of allylic oxidation sites excluding steroid dienone is 2. The average Bonchev–Trinajstić information content (AvgIpc) is 2.12. The van der Waals surface area contributed by atoms with Gasteiger partial charge in [-0.05, 0) is 24.8 Å². The van der Waals surface area contributed by atoms with Gasteiger partial charge in [-0.25, -0.2) is 0 Å². The van der Waals surface area contributed by atoms with Crippen LogP contribution in [-0.4, -0.2) is 5.11 Å². The topological polar surface area (TPSA) is 20.2 Å². The van der Waals surface area contributed by atoms with Crippen LogP contribution >= 0.6 is 0 Å². The third-order valence-electron chi connectivity index (χ3n) is 1.41. The van der Waals surface area contributed by atoms with Crippen molar-refractivity contribution in [3.63, 3.8) is 0 Å². The number of aliphatic hydroxyl groups is 1. The number of hydrogen-bond acceptors (Lipinski definition) is 1. The lowest BCUT2D eigenvalue weighted by molar-refractivity contribution is 0.423. The van der Waals surface area contributed by atoms with Crippen LogP contribution in [0.1, 0.15) is 19.3 Å². The Bertz CT molecular complexity index is 133. The molecule has 0 fully saturated rings. The summed E-state index contributed by atoms with van der Waals surface area (Å²) in [6, 6.07) is 0. The number of aliphatic hydroxyl groups excluding tert-OH is 1. The van der Waals surface area contributed by atoms with Gasteiger partial charge in [-0.15, -0.1) is 0 Å². The molecule has 0 heterocycles. The molecule has 44 valence electrons. The van der Waals surface area contributed by atoms with Gasteiger partial charge in [0.15, 0.2) is 0 Å². The predicted molar refractivity (Wildman–Crippen MR) is 33.7 cm³/mol. The summed E-state index contributed by atoms with van der Waals surface area (Å²) in [6.07, 6.45) is 5.33. The monoisotopic (exact) mass is 110 g/mol. The fraction of sp³-hybridized carbons (Fsp3) is 0.429. The highest BCUT2D eigenvalue weighted by Crippen LogP contribution is 2.21. The number of hydrogen-bond donors (Lipinski definition) is 1. The van der Waals surface area contributed by atoms with Gasteiger partial charge in [-0.1, -0.05) is 12.7 Å². The summed E-state index contributed by atoms with van der Waals surface area (Å²) in [5.41, 5.74) is 1.03. The van der Waals surface area contributed by atoms with Crippen LogP contribution in [0.5, 0.6) is 0 Å². The van der Waals surface area contributed by atoms with Gasteiger partial charge in [-0.2, -0.15) is 0 Å². The zero-order chi connectivity index (χ0) is 5.98. The van der Waals surface area contributed by atoms with Crippen LogP contribution in [0.15, 0.2) is 24.0 Å². The average molecular weight is 110 g/mol. The Morgan fingerprint density at radius 1 is 1.75 bits per heavy atom. The van der Waals surface area contributed by atoms with Crippen molar-refractivity contribution in [2.75, 3.05) is 0 Å². The van der Waals surface area contributed by atoms with Gasteiger partial charge >= 0.3 is 0 Å². The summed E-state index contributed by atoms with van der Waals surface area (Å²) in [4.78, 5) is 0. The first-order valence-electron chi connectivity index (χ1n) is 2.88. The molecule has 0 spiro atoms. The molecule has 0 saturated carbocycles. The van der Waals surface area contributed by atoms with Gasteiger partial charge in [0.05, 0.1) is 0 Å². The largest absolute Gasteiger partial charge is 0.508 e. The summed E-state index contributed by atoms with van der Waals surface area (Å²) in [7, 11) is 0. The van der Waals surface area contributed by atoms with E-state index in [1.807, 2.05) is 6.08 Å². The lowest BCUT2D eigenvalue weighted by atomic mass is 10.2. The standard InChI is InChI=1S/C7H10O/c1-6(8)7-4-2-3-5-7/h4,8H,1-3,5H2. The fourth-order valence-corrected chi connectivity index (χ4v) is 0.933. The molecule has 0 unspecified atom stereocenters. The Balaban J connectivity index is 2.57. The van der Waals surface area contributed by atoms with E-state index in [9.17, 15) is 0 Å². The summed E-state index contributed by atoms with van der Waals surface area (Å²) >= 11 is 0.